The van der Waals surface area contributed by atoms with Crippen LogP contribution in [0.1, 0.15) is 35.8 Å². The summed E-state index contributed by atoms with van der Waals surface area (Å²) in [5.41, 5.74) is 4.97. The Balaban J connectivity index is 1.57. The highest BCUT2D eigenvalue weighted by molar-refractivity contribution is 5.85. The van der Waals surface area contributed by atoms with Gasteiger partial charge in [-0.15, -0.1) is 0 Å². The summed E-state index contributed by atoms with van der Waals surface area (Å²) in [6.45, 7) is 2.50. The van der Waals surface area contributed by atoms with Gasteiger partial charge in [-0.3, -0.25) is 0 Å². The molecule has 0 amide bonds. The van der Waals surface area contributed by atoms with E-state index in [0.29, 0.717) is 24.1 Å². The largest absolute Gasteiger partial charge is 0.497 e. The predicted molar refractivity (Wildman–Crippen MR) is 136 cm³/mol. The van der Waals surface area contributed by atoms with Crippen LogP contribution < -0.4 is 24.3 Å². The molecule has 3 aromatic carbocycles. The van der Waals surface area contributed by atoms with Crippen molar-refractivity contribution in [1.82, 2.24) is 14.8 Å². The lowest BCUT2D eigenvalue weighted by Gasteiger charge is -2.39. The van der Waals surface area contributed by atoms with E-state index in [1.807, 2.05) is 72.3 Å². The first-order valence-corrected chi connectivity index (χ1v) is 11.8. The van der Waals surface area contributed by atoms with Gasteiger partial charge in [-0.2, -0.15) is 10.1 Å². The lowest BCUT2D eigenvalue weighted by atomic mass is 9.84. The molecular formula is C28H26N4O4. The number of aromatic nitrogens is 3. The van der Waals surface area contributed by atoms with Crippen molar-refractivity contribution in [3.8, 4) is 23.0 Å². The third-order valence-corrected chi connectivity index (χ3v) is 6.54. The number of fused-ring (bicyclic) bond motifs is 3. The number of hydrogen-bond acceptors (Lipinski definition) is 7. The van der Waals surface area contributed by atoms with E-state index in [9.17, 15) is 0 Å². The van der Waals surface area contributed by atoms with E-state index in [2.05, 4.69) is 21.5 Å². The second-order valence-electron chi connectivity index (χ2n) is 8.50. The molecule has 0 bridgehead atoms. The number of hydrogen-bond donors (Lipinski definition) is 1. The van der Waals surface area contributed by atoms with Gasteiger partial charge in [-0.05, 0) is 54.4 Å². The van der Waals surface area contributed by atoms with Gasteiger partial charge in [-0.25, -0.2) is 4.68 Å². The number of rotatable bonds is 6. The SMILES string of the molecule is CCOc1ccc([C@@H]2C3=C(Nc4ncnn42)c2ccccc2O[C@@H]3c2ccc(OC)cc2)cc1OC. The van der Waals surface area contributed by atoms with Gasteiger partial charge in [0.05, 0.1) is 26.5 Å². The summed E-state index contributed by atoms with van der Waals surface area (Å²) in [6.07, 6.45) is 1.20. The van der Waals surface area contributed by atoms with E-state index < -0.39 is 0 Å². The Labute approximate surface area is 209 Å². The first-order chi connectivity index (χ1) is 17.7. The van der Waals surface area contributed by atoms with E-state index in [4.69, 9.17) is 18.9 Å². The summed E-state index contributed by atoms with van der Waals surface area (Å²) in [6, 6.07) is 21.7. The Hall–Kier alpha value is -4.46. The van der Waals surface area contributed by atoms with Crippen LogP contribution in [0.2, 0.25) is 0 Å². The maximum absolute atomic E-state index is 6.67. The molecule has 0 saturated carbocycles. The van der Waals surface area contributed by atoms with E-state index in [0.717, 1.165) is 39.5 Å². The summed E-state index contributed by atoms with van der Waals surface area (Å²) in [5.74, 6) is 3.62. The van der Waals surface area contributed by atoms with Gasteiger partial charge >= 0.3 is 0 Å². The van der Waals surface area contributed by atoms with Crippen LogP contribution in [0.25, 0.3) is 5.70 Å². The fraction of sp³-hybridized carbons (Fsp3) is 0.214. The molecule has 2 aliphatic rings. The molecule has 3 heterocycles. The van der Waals surface area contributed by atoms with E-state index >= 15 is 0 Å². The zero-order valence-electron chi connectivity index (χ0n) is 20.3. The van der Waals surface area contributed by atoms with Crippen LogP contribution in [0.15, 0.2) is 78.6 Å². The van der Waals surface area contributed by atoms with Gasteiger partial charge in [-0.1, -0.05) is 30.3 Å². The van der Waals surface area contributed by atoms with Crippen molar-refractivity contribution in [2.24, 2.45) is 0 Å². The number of para-hydroxylation sites is 1. The molecule has 1 aromatic heterocycles. The second kappa shape index (κ2) is 8.96. The van der Waals surface area contributed by atoms with Crippen LogP contribution in [0.3, 0.4) is 0 Å². The number of anilines is 1. The lowest BCUT2D eigenvalue weighted by molar-refractivity contribution is 0.223. The molecule has 0 fully saturated rings. The third kappa shape index (κ3) is 3.53. The predicted octanol–water partition coefficient (Wildman–Crippen LogP) is 5.25. The van der Waals surface area contributed by atoms with Crippen molar-refractivity contribution in [1.29, 1.82) is 0 Å². The fourth-order valence-electron chi connectivity index (χ4n) is 4.92. The molecule has 0 saturated heterocycles. The third-order valence-electron chi connectivity index (χ3n) is 6.54. The number of nitrogens with zero attached hydrogens (tertiary/aromatic N) is 3. The van der Waals surface area contributed by atoms with Crippen molar-refractivity contribution >= 4 is 11.6 Å². The van der Waals surface area contributed by atoms with Crippen molar-refractivity contribution in [2.75, 3.05) is 26.1 Å². The summed E-state index contributed by atoms with van der Waals surface area (Å²) in [4.78, 5) is 4.50. The van der Waals surface area contributed by atoms with Crippen LogP contribution in [-0.4, -0.2) is 35.6 Å². The Bertz CT molecular complexity index is 1440. The van der Waals surface area contributed by atoms with Crippen LogP contribution in [0, 0.1) is 0 Å². The summed E-state index contributed by atoms with van der Waals surface area (Å²) < 4.78 is 25.4. The molecule has 6 rings (SSSR count). The van der Waals surface area contributed by atoms with E-state index in [-0.39, 0.29) is 12.1 Å². The molecule has 8 heteroatoms. The molecular weight excluding hydrogens is 456 g/mol. The Kier molecular flexibility index (Phi) is 5.48. The highest BCUT2D eigenvalue weighted by Crippen LogP contribution is 2.51. The lowest BCUT2D eigenvalue weighted by Crippen LogP contribution is -2.32. The van der Waals surface area contributed by atoms with Gasteiger partial charge in [0.2, 0.25) is 5.95 Å². The molecule has 0 spiro atoms. The molecule has 1 N–H and O–H groups in total. The minimum Gasteiger partial charge on any atom is -0.497 e. The summed E-state index contributed by atoms with van der Waals surface area (Å²) in [5, 5.41) is 8.12. The maximum atomic E-state index is 6.67. The average molecular weight is 483 g/mol. The number of methoxy groups -OCH3 is 2. The minimum atomic E-state index is -0.367. The van der Waals surface area contributed by atoms with Crippen LogP contribution in [0.5, 0.6) is 23.0 Å². The molecule has 2 atom stereocenters. The summed E-state index contributed by atoms with van der Waals surface area (Å²) in [7, 11) is 3.31. The van der Waals surface area contributed by atoms with Gasteiger partial charge in [0.25, 0.3) is 0 Å². The zero-order chi connectivity index (χ0) is 24.6. The van der Waals surface area contributed by atoms with Crippen molar-refractivity contribution < 1.29 is 18.9 Å². The maximum Gasteiger partial charge on any atom is 0.226 e. The van der Waals surface area contributed by atoms with Crippen molar-refractivity contribution in [3.63, 3.8) is 0 Å². The standard InChI is InChI=1S/C28H26N4O4/c1-4-35-22-14-11-18(15-23(22)34-3)26-24-25(31-28-29-16-30-32(26)28)20-7-5-6-8-21(20)36-27(24)17-9-12-19(33-2)13-10-17/h5-16,26-27H,4H2,1-3H3,(H,29,30,31)/t26-,27-/m1/s1. The first kappa shape index (κ1) is 22.0. The Morgan fingerprint density at radius 3 is 2.53 bits per heavy atom. The molecule has 36 heavy (non-hydrogen) atoms. The Morgan fingerprint density at radius 2 is 1.75 bits per heavy atom. The minimum absolute atomic E-state index is 0.288. The van der Waals surface area contributed by atoms with Gasteiger partial charge in [0.15, 0.2) is 11.5 Å². The molecule has 182 valence electrons. The molecule has 0 radical (unpaired) electrons. The fourth-order valence-corrected chi connectivity index (χ4v) is 4.92. The number of nitrogens with one attached hydrogen (secondary N) is 1. The van der Waals surface area contributed by atoms with Crippen LogP contribution in [-0.2, 0) is 0 Å². The van der Waals surface area contributed by atoms with Gasteiger partial charge < -0.3 is 24.3 Å². The average Bonchev–Trinajstić information content (AvgIpc) is 3.40. The van der Waals surface area contributed by atoms with E-state index in [1.165, 1.54) is 0 Å². The highest BCUT2D eigenvalue weighted by atomic mass is 16.5. The first-order valence-electron chi connectivity index (χ1n) is 11.8. The monoisotopic (exact) mass is 482 g/mol. The smallest absolute Gasteiger partial charge is 0.226 e. The van der Waals surface area contributed by atoms with Crippen molar-refractivity contribution in [2.45, 2.75) is 19.1 Å². The molecule has 0 aliphatic carbocycles. The van der Waals surface area contributed by atoms with Gasteiger partial charge in [0, 0.05) is 11.1 Å². The van der Waals surface area contributed by atoms with E-state index in [1.54, 1.807) is 20.5 Å². The van der Waals surface area contributed by atoms with Crippen LogP contribution >= 0.6 is 0 Å². The molecule has 4 aromatic rings. The topological polar surface area (TPSA) is 79.7 Å². The highest BCUT2D eigenvalue weighted by Gasteiger charge is 2.41. The number of benzene rings is 3. The van der Waals surface area contributed by atoms with Gasteiger partial charge in [0.1, 0.15) is 30.0 Å². The molecule has 2 aliphatic heterocycles. The number of ether oxygens (including phenoxy) is 4. The zero-order valence-corrected chi connectivity index (χ0v) is 20.3. The molecule has 0 unspecified atom stereocenters. The molecule has 8 nitrogen and oxygen atoms in total. The second-order valence-corrected chi connectivity index (χ2v) is 8.50. The van der Waals surface area contributed by atoms with Crippen molar-refractivity contribution in [3.05, 3.63) is 95.3 Å². The quantitative estimate of drug-likeness (QED) is 0.402. The van der Waals surface area contributed by atoms with Crippen LogP contribution in [0.4, 0.5) is 5.95 Å². The Morgan fingerprint density at radius 1 is 0.944 bits per heavy atom. The summed E-state index contributed by atoms with van der Waals surface area (Å²) >= 11 is 0. The normalized spacial score (nSPS) is 17.8.